The van der Waals surface area contributed by atoms with Crippen LogP contribution in [0, 0.1) is 11.8 Å². The minimum atomic E-state index is -0.490. The van der Waals surface area contributed by atoms with Gasteiger partial charge in [-0.2, -0.15) is 0 Å². The average Bonchev–Trinajstić information content (AvgIpc) is 2.53. The van der Waals surface area contributed by atoms with Crippen molar-refractivity contribution in [2.75, 3.05) is 0 Å². The number of ketones is 2. The fourth-order valence-electron chi connectivity index (χ4n) is 2.40. The van der Waals surface area contributed by atoms with E-state index < -0.39 is 11.6 Å². The van der Waals surface area contributed by atoms with Crippen LogP contribution in [0.5, 0.6) is 0 Å². The molecule has 1 aliphatic rings. The van der Waals surface area contributed by atoms with Gasteiger partial charge >= 0.3 is 0 Å². The summed E-state index contributed by atoms with van der Waals surface area (Å²) in [6, 6.07) is 12.1. The molecule has 21 heavy (non-hydrogen) atoms. The van der Waals surface area contributed by atoms with Gasteiger partial charge in [0.2, 0.25) is 11.6 Å². The molecule has 3 nitrogen and oxygen atoms in total. The van der Waals surface area contributed by atoms with Gasteiger partial charge in [-0.3, -0.25) is 9.59 Å². The molecule has 0 spiro atoms. The molecule has 0 heterocycles. The summed E-state index contributed by atoms with van der Waals surface area (Å²) in [5.74, 6) is 4.64. The summed E-state index contributed by atoms with van der Waals surface area (Å²) in [7, 11) is 0. The fourth-order valence-corrected chi connectivity index (χ4v) is 2.40. The predicted molar refractivity (Wildman–Crippen MR) is 78.1 cm³/mol. The molecule has 0 atom stereocenters. The molecule has 0 amide bonds. The van der Waals surface area contributed by atoms with E-state index in [0.29, 0.717) is 22.3 Å². The van der Waals surface area contributed by atoms with Crippen LogP contribution in [0.3, 0.4) is 0 Å². The first kappa shape index (κ1) is 13.0. The van der Waals surface area contributed by atoms with Crippen molar-refractivity contribution in [2.24, 2.45) is 0 Å². The van der Waals surface area contributed by atoms with E-state index in [1.165, 1.54) is 0 Å². The standard InChI is InChI=1S/C18H10O3/c19-10-4-3-5-12-8-9-15-16(11-12)13-6-1-2-7-14(13)17(20)18(15)21/h1-2,6-11H,4H2. The van der Waals surface area contributed by atoms with E-state index in [1.54, 1.807) is 30.3 Å². The maximum absolute atomic E-state index is 12.1. The number of benzene rings is 2. The van der Waals surface area contributed by atoms with Gasteiger partial charge in [-0.15, -0.1) is 0 Å². The zero-order chi connectivity index (χ0) is 14.8. The number of rotatable bonds is 1. The molecule has 3 heteroatoms. The number of carbonyl (C=O) groups excluding carboxylic acids is 3. The topological polar surface area (TPSA) is 51.2 Å². The highest BCUT2D eigenvalue weighted by Gasteiger charge is 2.29. The average molecular weight is 274 g/mol. The van der Waals surface area contributed by atoms with E-state index in [2.05, 4.69) is 11.8 Å². The summed E-state index contributed by atoms with van der Waals surface area (Å²) in [5, 5.41) is 0. The lowest BCUT2D eigenvalue weighted by atomic mass is 9.83. The van der Waals surface area contributed by atoms with Gasteiger partial charge in [0, 0.05) is 16.7 Å². The Balaban J connectivity index is 2.18. The van der Waals surface area contributed by atoms with E-state index in [1.807, 2.05) is 12.1 Å². The summed E-state index contributed by atoms with van der Waals surface area (Å²) in [6.07, 6.45) is 0.911. The molecule has 0 aromatic heterocycles. The van der Waals surface area contributed by atoms with Crippen molar-refractivity contribution < 1.29 is 14.4 Å². The Morgan fingerprint density at radius 1 is 0.857 bits per heavy atom. The molecule has 100 valence electrons. The van der Waals surface area contributed by atoms with Crippen molar-refractivity contribution in [3.8, 4) is 23.0 Å². The Morgan fingerprint density at radius 2 is 1.52 bits per heavy atom. The van der Waals surface area contributed by atoms with Crippen LogP contribution < -0.4 is 0 Å². The lowest BCUT2D eigenvalue weighted by molar-refractivity contribution is -0.107. The molecule has 0 bridgehead atoms. The van der Waals surface area contributed by atoms with Gasteiger partial charge in [0.15, 0.2) is 0 Å². The monoisotopic (exact) mass is 274 g/mol. The third kappa shape index (κ3) is 2.17. The number of hydrogen-bond acceptors (Lipinski definition) is 3. The second-order valence-corrected chi connectivity index (χ2v) is 4.64. The van der Waals surface area contributed by atoms with Gasteiger partial charge in [0.1, 0.15) is 6.29 Å². The van der Waals surface area contributed by atoms with Crippen LogP contribution in [0.1, 0.15) is 32.7 Å². The van der Waals surface area contributed by atoms with E-state index >= 15 is 0 Å². The van der Waals surface area contributed by atoms with Crippen molar-refractivity contribution in [2.45, 2.75) is 6.42 Å². The van der Waals surface area contributed by atoms with Gasteiger partial charge in [0.25, 0.3) is 0 Å². The highest BCUT2D eigenvalue weighted by Crippen LogP contribution is 2.33. The second kappa shape index (κ2) is 5.18. The second-order valence-electron chi connectivity index (χ2n) is 4.64. The number of aldehydes is 1. The molecule has 2 aromatic carbocycles. The van der Waals surface area contributed by atoms with Crippen LogP contribution in [-0.4, -0.2) is 17.9 Å². The van der Waals surface area contributed by atoms with Gasteiger partial charge in [-0.1, -0.05) is 36.1 Å². The number of fused-ring (bicyclic) bond motifs is 3. The van der Waals surface area contributed by atoms with Crippen molar-refractivity contribution in [1.82, 2.24) is 0 Å². The first-order chi connectivity index (χ1) is 10.2. The van der Waals surface area contributed by atoms with Gasteiger partial charge in [0.05, 0.1) is 6.42 Å². The Bertz CT molecular complexity index is 835. The van der Waals surface area contributed by atoms with Crippen LogP contribution in [-0.2, 0) is 4.79 Å². The van der Waals surface area contributed by atoms with E-state index in [-0.39, 0.29) is 6.42 Å². The molecule has 0 fully saturated rings. The maximum atomic E-state index is 12.1. The quantitative estimate of drug-likeness (QED) is 0.456. The van der Waals surface area contributed by atoms with Crippen LogP contribution in [0.15, 0.2) is 42.5 Å². The molecule has 0 radical (unpaired) electrons. The van der Waals surface area contributed by atoms with Crippen LogP contribution in [0.4, 0.5) is 0 Å². The van der Waals surface area contributed by atoms with Crippen molar-refractivity contribution >= 4 is 17.9 Å². The minimum absolute atomic E-state index is 0.172. The first-order valence-electron chi connectivity index (χ1n) is 6.47. The molecule has 0 unspecified atom stereocenters. The van der Waals surface area contributed by atoms with Gasteiger partial charge in [-0.05, 0) is 29.3 Å². The molecule has 0 saturated heterocycles. The number of hydrogen-bond donors (Lipinski definition) is 0. The third-order valence-corrected chi connectivity index (χ3v) is 3.35. The highest BCUT2D eigenvalue weighted by atomic mass is 16.2. The van der Waals surface area contributed by atoms with Crippen molar-refractivity contribution in [3.63, 3.8) is 0 Å². The lowest BCUT2D eigenvalue weighted by Gasteiger charge is -2.17. The summed E-state index contributed by atoms with van der Waals surface area (Å²) >= 11 is 0. The molecule has 3 rings (SSSR count). The van der Waals surface area contributed by atoms with Crippen molar-refractivity contribution in [1.29, 1.82) is 0 Å². The Kier molecular flexibility index (Phi) is 3.21. The molecule has 0 N–H and O–H groups in total. The smallest absolute Gasteiger partial charge is 0.234 e. The molecule has 0 aliphatic heterocycles. The molecule has 1 aliphatic carbocycles. The summed E-state index contributed by atoms with van der Waals surface area (Å²) < 4.78 is 0. The number of carbonyl (C=O) groups is 3. The zero-order valence-corrected chi connectivity index (χ0v) is 11.1. The largest absolute Gasteiger partial charge is 0.302 e. The Morgan fingerprint density at radius 3 is 2.24 bits per heavy atom. The van der Waals surface area contributed by atoms with Crippen LogP contribution in [0.25, 0.3) is 11.1 Å². The summed E-state index contributed by atoms with van der Waals surface area (Å²) in [4.78, 5) is 34.5. The van der Waals surface area contributed by atoms with E-state index in [9.17, 15) is 14.4 Å². The Labute approximate surface area is 121 Å². The van der Waals surface area contributed by atoms with Crippen molar-refractivity contribution in [3.05, 3.63) is 59.2 Å². The third-order valence-electron chi connectivity index (χ3n) is 3.35. The Hall–Kier alpha value is -2.99. The van der Waals surface area contributed by atoms with Gasteiger partial charge in [-0.25, -0.2) is 0 Å². The summed E-state index contributed by atoms with van der Waals surface area (Å²) in [6.45, 7) is 0. The highest BCUT2D eigenvalue weighted by molar-refractivity contribution is 6.53. The normalized spacial score (nSPS) is 12.0. The van der Waals surface area contributed by atoms with Crippen LogP contribution >= 0.6 is 0 Å². The van der Waals surface area contributed by atoms with Crippen LogP contribution in [0.2, 0.25) is 0 Å². The minimum Gasteiger partial charge on any atom is -0.302 e. The SMILES string of the molecule is O=CCC#Cc1ccc2c(c1)-c1ccccc1C(=O)C2=O. The fraction of sp³-hybridized carbons (Fsp3) is 0.0556. The lowest BCUT2D eigenvalue weighted by Crippen LogP contribution is -2.21. The zero-order valence-electron chi connectivity index (χ0n) is 11.1. The van der Waals surface area contributed by atoms with E-state index in [0.717, 1.165) is 11.8 Å². The predicted octanol–water partition coefficient (Wildman–Crippen LogP) is 2.67. The molecular formula is C18H10O3. The van der Waals surface area contributed by atoms with E-state index in [4.69, 9.17) is 0 Å². The summed E-state index contributed by atoms with van der Waals surface area (Å²) in [5.41, 5.74) is 3.00. The molecule has 0 saturated carbocycles. The molecular weight excluding hydrogens is 264 g/mol. The molecule has 2 aromatic rings. The van der Waals surface area contributed by atoms with Gasteiger partial charge < -0.3 is 4.79 Å². The number of Topliss-reactive ketones (excluding diaryl/α,β-unsaturated/α-hetero) is 2. The first-order valence-corrected chi connectivity index (χ1v) is 6.47. The maximum Gasteiger partial charge on any atom is 0.234 e.